The summed E-state index contributed by atoms with van der Waals surface area (Å²) in [6.07, 6.45) is 2.51. The van der Waals surface area contributed by atoms with Crippen LogP contribution >= 0.6 is 11.6 Å². The molecule has 1 aliphatic heterocycles. The van der Waals surface area contributed by atoms with Crippen LogP contribution in [0.25, 0.3) is 0 Å². The molecule has 144 valence electrons. The molecule has 0 saturated heterocycles. The number of carbonyl (C=O) groups is 1. The van der Waals surface area contributed by atoms with Gasteiger partial charge < -0.3 is 20.6 Å². The number of carbonyl (C=O) groups excluding carboxylic acids is 1. The Morgan fingerprint density at radius 3 is 3.00 bits per heavy atom. The Labute approximate surface area is 163 Å². The lowest BCUT2D eigenvalue weighted by Crippen LogP contribution is -2.42. The molecule has 0 spiro atoms. The molecule has 1 aliphatic rings. The van der Waals surface area contributed by atoms with Crippen LogP contribution in [-0.4, -0.2) is 45.2 Å². The molecule has 0 bridgehead atoms. The third-order valence-electron chi connectivity index (χ3n) is 4.56. The highest BCUT2D eigenvalue weighted by Gasteiger charge is 2.22. The number of rotatable bonds is 5. The average Bonchev–Trinajstić information content (AvgIpc) is 2.68. The lowest BCUT2D eigenvalue weighted by atomic mass is 10.1. The van der Waals surface area contributed by atoms with Gasteiger partial charge in [-0.25, -0.2) is 14.8 Å². The number of benzene rings is 1. The molecule has 0 radical (unpaired) electrons. The number of hydrogen-bond donors (Lipinski definition) is 3. The van der Waals surface area contributed by atoms with Gasteiger partial charge >= 0.3 is 6.03 Å². The number of fused-ring (bicyclic) bond motifs is 1. The monoisotopic (exact) mass is 389 g/mol. The summed E-state index contributed by atoms with van der Waals surface area (Å²) in [5, 5.41) is 15.8. The molecule has 3 rings (SSSR count). The van der Waals surface area contributed by atoms with Crippen LogP contribution in [0.1, 0.15) is 29.3 Å². The molecule has 8 heteroatoms. The summed E-state index contributed by atoms with van der Waals surface area (Å²) in [5.74, 6) is 0.465. The number of aliphatic hydroxyl groups is 1. The van der Waals surface area contributed by atoms with Gasteiger partial charge in [-0.3, -0.25) is 0 Å². The van der Waals surface area contributed by atoms with Gasteiger partial charge in [-0.1, -0.05) is 23.7 Å². The van der Waals surface area contributed by atoms with Crippen molar-refractivity contribution in [3.05, 3.63) is 51.8 Å². The zero-order valence-corrected chi connectivity index (χ0v) is 16.3. The number of hydrogen-bond acceptors (Lipinski definition) is 5. The normalized spacial score (nSPS) is 14.4. The van der Waals surface area contributed by atoms with E-state index in [9.17, 15) is 4.79 Å². The summed E-state index contributed by atoms with van der Waals surface area (Å²) >= 11 is 6.14. The van der Waals surface area contributed by atoms with Crippen molar-refractivity contribution in [1.29, 1.82) is 0 Å². The smallest absolute Gasteiger partial charge is 0.318 e. The van der Waals surface area contributed by atoms with Gasteiger partial charge in [0.15, 0.2) is 0 Å². The predicted molar refractivity (Wildman–Crippen MR) is 105 cm³/mol. The number of anilines is 1. The minimum Gasteiger partial charge on any atom is -0.394 e. The summed E-state index contributed by atoms with van der Waals surface area (Å²) < 4.78 is 0. The Balaban J connectivity index is 1.61. The molecular formula is C19H24ClN5O2. The highest BCUT2D eigenvalue weighted by Crippen LogP contribution is 2.19. The van der Waals surface area contributed by atoms with Gasteiger partial charge in [0, 0.05) is 30.4 Å². The van der Waals surface area contributed by atoms with Crippen LogP contribution in [0.3, 0.4) is 0 Å². The van der Waals surface area contributed by atoms with Crippen LogP contribution in [-0.2, 0) is 19.5 Å². The Morgan fingerprint density at radius 1 is 1.44 bits per heavy atom. The van der Waals surface area contributed by atoms with Gasteiger partial charge in [-0.2, -0.15) is 0 Å². The number of amides is 2. The summed E-state index contributed by atoms with van der Waals surface area (Å²) in [5.41, 5.74) is 3.85. The Morgan fingerprint density at radius 2 is 2.26 bits per heavy atom. The van der Waals surface area contributed by atoms with Crippen molar-refractivity contribution >= 4 is 23.6 Å². The average molecular weight is 390 g/mol. The minimum atomic E-state index is -0.132. The van der Waals surface area contributed by atoms with Crippen LogP contribution in [0.5, 0.6) is 0 Å². The lowest BCUT2D eigenvalue weighted by Gasteiger charge is -2.28. The Hall–Kier alpha value is -2.38. The van der Waals surface area contributed by atoms with Crippen LogP contribution in [0, 0.1) is 6.92 Å². The van der Waals surface area contributed by atoms with Crippen molar-refractivity contribution in [2.75, 3.05) is 18.5 Å². The number of nitrogens with one attached hydrogen (secondary N) is 2. The van der Waals surface area contributed by atoms with Crippen molar-refractivity contribution in [3.8, 4) is 0 Å². The number of aromatic nitrogens is 2. The van der Waals surface area contributed by atoms with E-state index in [1.807, 2.05) is 32.0 Å². The maximum atomic E-state index is 12.5. The number of urea groups is 1. The topological polar surface area (TPSA) is 90.4 Å². The zero-order chi connectivity index (χ0) is 19.4. The fourth-order valence-electron chi connectivity index (χ4n) is 2.85. The summed E-state index contributed by atoms with van der Waals surface area (Å²) in [6, 6.07) is 5.51. The van der Waals surface area contributed by atoms with E-state index in [2.05, 4.69) is 20.6 Å². The minimum absolute atomic E-state index is 0.00198. The first kappa shape index (κ1) is 19.4. The Bertz CT molecular complexity index is 830. The summed E-state index contributed by atoms with van der Waals surface area (Å²) in [4.78, 5) is 23.0. The summed E-state index contributed by atoms with van der Waals surface area (Å²) in [6.45, 7) is 5.27. The van der Waals surface area contributed by atoms with Crippen LogP contribution in [0.4, 0.5) is 10.7 Å². The molecule has 2 heterocycles. The van der Waals surface area contributed by atoms with Gasteiger partial charge in [0.25, 0.3) is 0 Å². The second kappa shape index (κ2) is 8.54. The SMILES string of the molecule is Cc1ccc(CNC(=O)N2CCc3cnc(N[C@@H](C)CO)nc3C2)cc1Cl. The van der Waals surface area contributed by atoms with E-state index < -0.39 is 0 Å². The Kier molecular flexibility index (Phi) is 6.13. The van der Waals surface area contributed by atoms with E-state index in [0.29, 0.717) is 30.6 Å². The third-order valence-corrected chi connectivity index (χ3v) is 4.97. The number of nitrogens with zero attached hydrogens (tertiary/aromatic N) is 3. The van der Waals surface area contributed by atoms with Crippen LogP contribution in [0.2, 0.25) is 5.02 Å². The molecule has 3 N–H and O–H groups in total. The van der Waals surface area contributed by atoms with Crippen LogP contribution in [0.15, 0.2) is 24.4 Å². The number of aliphatic hydroxyl groups excluding tert-OH is 1. The van der Waals surface area contributed by atoms with E-state index >= 15 is 0 Å². The van der Waals surface area contributed by atoms with E-state index in [1.165, 1.54) is 0 Å². The molecule has 1 aromatic heterocycles. The van der Waals surface area contributed by atoms with Gasteiger partial charge in [0.2, 0.25) is 5.95 Å². The van der Waals surface area contributed by atoms with E-state index in [4.69, 9.17) is 16.7 Å². The fraction of sp³-hybridized carbons (Fsp3) is 0.421. The second-order valence-corrected chi connectivity index (χ2v) is 7.21. The quantitative estimate of drug-likeness (QED) is 0.731. The maximum absolute atomic E-state index is 12.5. The molecular weight excluding hydrogens is 366 g/mol. The van der Waals surface area contributed by atoms with Gasteiger partial charge in [-0.15, -0.1) is 0 Å². The molecule has 0 unspecified atom stereocenters. The first-order valence-corrected chi connectivity index (χ1v) is 9.34. The number of aryl methyl sites for hydroxylation is 1. The standard InChI is InChI=1S/C19H24ClN5O2/c1-12-3-4-14(7-16(12)20)8-22-19(27)25-6-5-15-9-21-18(23-13(2)11-26)24-17(15)10-25/h3-4,7,9,13,26H,5-6,8,10-11H2,1-2H3,(H,22,27)(H,21,23,24)/t13-/m0/s1. The van der Waals surface area contributed by atoms with E-state index in [-0.39, 0.29) is 18.7 Å². The molecule has 7 nitrogen and oxygen atoms in total. The van der Waals surface area contributed by atoms with E-state index in [0.717, 1.165) is 28.8 Å². The molecule has 1 aromatic carbocycles. The van der Waals surface area contributed by atoms with Crippen molar-refractivity contribution in [3.63, 3.8) is 0 Å². The fourth-order valence-corrected chi connectivity index (χ4v) is 3.05. The van der Waals surface area contributed by atoms with Crippen molar-refractivity contribution < 1.29 is 9.90 Å². The van der Waals surface area contributed by atoms with Gasteiger partial charge in [-0.05, 0) is 43.0 Å². The second-order valence-electron chi connectivity index (χ2n) is 6.81. The first-order valence-electron chi connectivity index (χ1n) is 8.96. The van der Waals surface area contributed by atoms with Crippen LogP contribution < -0.4 is 10.6 Å². The maximum Gasteiger partial charge on any atom is 0.318 e. The molecule has 2 amide bonds. The molecule has 27 heavy (non-hydrogen) atoms. The molecule has 1 atom stereocenters. The largest absolute Gasteiger partial charge is 0.394 e. The van der Waals surface area contributed by atoms with Gasteiger partial charge in [0.05, 0.1) is 18.8 Å². The molecule has 0 saturated carbocycles. The zero-order valence-electron chi connectivity index (χ0n) is 15.5. The van der Waals surface area contributed by atoms with Crippen molar-refractivity contribution in [2.24, 2.45) is 0 Å². The number of halogens is 1. The first-order chi connectivity index (χ1) is 13.0. The van der Waals surface area contributed by atoms with Crippen molar-refractivity contribution in [1.82, 2.24) is 20.2 Å². The summed E-state index contributed by atoms with van der Waals surface area (Å²) in [7, 11) is 0. The highest BCUT2D eigenvalue weighted by molar-refractivity contribution is 6.31. The third kappa shape index (κ3) is 4.87. The van der Waals surface area contributed by atoms with E-state index in [1.54, 1.807) is 11.1 Å². The van der Waals surface area contributed by atoms with Gasteiger partial charge in [0.1, 0.15) is 0 Å². The van der Waals surface area contributed by atoms with Crippen molar-refractivity contribution in [2.45, 2.75) is 39.4 Å². The predicted octanol–water partition coefficient (Wildman–Crippen LogP) is 2.50. The highest BCUT2D eigenvalue weighted by atomic mass is 35.5. The molecule has 0 aliphatic carbocycles. The molecule has 0 fully saturated rings. The molecule has 2 aromatic rings. The lowest BCUT2D eigenvalue weighted by molar-refractivity contribution is 0.191.